The highest BCUT2D eigenvalue weighted by Gasteiger charge is 2.32. The molecule has 53 heavy (non-hydrogen) atoms. The summed E-state index contributed by atoms with van der Waals surface area (Å²) < 4.78 is 6.58. The van der Waals surface area contributed by atoms with Gasteiger partial charge in [0.15, 0.2) is 0 Å². The molecule has 9 aromatic rings. The van der Waals surface area contributed by atoms with E-state index < -0.39 is 0 Å². The van der Waals surface area contributed by atoms with Crippen molar-refractivity contribution in [2.45, 2.75) is 6.04 Å². The number of aromatic nitrogens is 3. The lowest BCUT2D eigenvalue weighted by Crippen LogP contribution is -2.17. The van der Waals surface area contributed by atoms with E-state index in [1.807, 2.05) is 42.5 Å². The fourth-order valence-electron chi connectivity index (χ4n) is 7.53. The van der Waals surface area contributed by atoms with Crippen molar-refractivity contribution >= 4 is 16.7 Å². The summed E-state index contributed by atoms with van der Waals surface area (Å²) in [5, 5.41) is 5.04. The highest BCUT2D eigenvalue weighted by atomic mass is 16.3. The fraction of sp³-hybridized carbons (Fsp3) is 0.0208. The van der Waals surface area contributed by atoms with Crippen LogP contribution in [0.15, 0.2) is 187 Å². The minimum atomic E-state index is -0.126. The predicted molar refractivity (Wildman–Crippen MR) is 214 cm³/mol. The van der Waals surface area contributed by atoms with Gasteiger partial charge in [-0.05, 0) is 88.0 Å². The van der Waals surface area contributed by atoms with E-state index >= 15 is 0 Å². The number of nitrogens with one attached hydrogen (secondary N) is 1. The Balaban J connectivity index is 1.07. The summed E-state index contributed by atoms with van der Waals surface area (Å²) in [6, 6.07) is 58.9. The molecule has 1 unspecified atom stereocenters. The van der Waals surface area contributed by atoms with Gasteiger partial charge in [0.1, 0.15) is 17.4 Å². The first-order valence-corrected chi connectivity index (χ1v) is 17.8. The Bertz CT molecular complexity index is 2700. The van der Waals surface area contributed by atoms with E-state index in [0.29, 0.717) is 0 Å². The zero-order chi connectivity index (χ0) is 35.1. The maximum Gasteiger partial charge on any atom is 0.140 e. The largest absolute Gasteiger partial charge is 0.458 e. The number of hydrogen-bond acceptors (Lipinski definition) is 5. The normalized spacial score (nSPS) is 13.2. The van der Waals surface area contributed by atoms with Crippen LogP contribution in [0, 0.1) is 0 Å². The van der Waals surface area contributed by atoms with Crippen molar-refractivity contribution in [2.75, 3.05) is 5.32 Å². The second kappa shape index (κ2) is 12.9. The molecule has 1 atom stereocenters. The summed E-state index contributed by atoms with van der Waals surface area (Å²) in [4.78, 5) is 14.2. The van der Waals surface area contributed by atoms with Crippen LogP contribution in [0.2, 0.25) is 0 Å². The van der Waals surface area contributed by atoms with Gasteiger partial charge in [0.2, 0.25) is 0 Å². The number of pyridine rings is 3. The zero-order valence-corrected chi connectivity index (χ0v) is 28.6. The van der Waals surface area contributed by atoms with Gasteiger partial charge in [0.25, 0.3) is 0 Å². The topological polar surface area (TPSA) is 63.8 Å². The van der Waals surface area contributed by atoms with E-state index in [2.05, 4.69) is 143 Å². The van der Waals surface area contributed by atoms with Crippen LogP contribution in [0.1, 0.15) is 17.4 Å². The zero-order valence-electron chi connectivity index (χ0n) is 28.6. The summed E-state index contributed by atoms with van der Waals surface area (Å²) in [5.41, 5.74) is 15.4. The average Bonchev–Trinajstić information content (AvgIpc) is 3.64. The Morgan fingerprint density at radius 3 is 1.74 bits per heavy atom. The molecule has 0 saturated carbocycles. The Hall–Kier alpha value is -7.11. The van der Waals surface area contributed by atoms with E-state index in [4.69, 9.17) is 9.40 Å². The quantitative estimate of drug-likeness (QED) is 0.189. The number of nitrogens with zero attached hydrogens (tertiary/aromatic N) is 3. The molecular formula is C48H32N4O. The van der Waals surface area contributed by atoms with Gasteiger partial charge in [-0.15, -0.1) is 0 Å². The first-order chi connectivity index (χ1) is 26.3. The number of anilines is 1. The van der Waals surface area contributed by atoms with Gasteiger partial charge in [-0.25, -0.2) is 4.98 Å². The van der Waals surface area contributed by atoms with Crippen molar-refractivity contribution in [1.82, 2.24) is 15.0 Å². The molecule has 5 nitrogen and oxygen atoms in total. The fourth-order valence-corrected chi connectivity index (χ4v) is 7.53. The van der Waals surface area contributed by atoms with Crippen LogP contribution in [0.5, 0.6) is 0 Å². The highest BCUT2D eigenvalue weighted by molar-refractivity contribution is 6.04. The number of benzene rings is 5. The smallest absolute Gasteiger partial charge is 0.140 e. The van der Waals surface area contributed by atoms with Gasteiger partial charge >= 0.3 is 0 Å². The Morgan fingerprint density at radius 1 is 0.453 bits per heavy atom. The second-order valence-corrected chi connectivity index (χ2v) is 13.3. The molecule has 5 heteroatoms. The van der Waals surface area contributed by atoms with Crippen LogP contribution in [0.3, 0.4) is 0 Å². The monoisotopic (exact) mass is 680 g/mol. The van der Waals surface area contributed by atoms with E-state index in [1.165, 1.54) is 0 Å². The third kappa shape index (κ3) is 5.56. The van der Waals surface area contributed by atoms with Crippen LogP contribution < -0.4 is 5.32 Å². The van der Waals surface area contributed by atoms with Gasteiger partial charge in [0, 0.05) is 34.5 Å². The SMILES string of the molecule is c1ccc(C2Nc3c(-c4cccc(-c5cccc(-c6cc(-c7ccccn7)nc(-c7ccccn7)c6)c5)c4)cccc3-c3c2oc2ccccc32)cc1. The first-order valence-electron chi connectivity index (χ1n) is 17.8. The van der Waals surface area contributed by atoms with Crippen molar-refractivity contribution in [2.24, 2.45) is 0 Å². The minimum absolute atomic E-state index is 0.126. The molecule has 1 aliphatic rings. The molecule has 5 heterocycles. The number of hydrogen-bond donors (Lipinski definition) is 1. The molecule has 5 aromatic carbocycles. The molecule has 1 aliphatic heterocycles. The van der Waals surface area contributed by atoms with Crippen molar-refractivity contribution < 1.29 is 4.42 Å². The molecule has 0 aliphatic carbocycles. The lowest BCUT2D eigenvalue weighted by Gasteiger charge is -2.29. The third-order valence-electron chi connectivity index (χ3n) is 10.0. The molecule has 0 amide bonds. The molecule has 0 radical (unpaired) electrons. The molecule has 10 rings (SSSR count). The van der Waals surface area contributed by atoms with Crippen LogP contribution in [-0.2, 0) is 0 Å². The predicted octanol–water partition coefficient (Wildman–Crippen LogP) is 12.1. The maximum absolute atomic E-state index is 6.58. The summed E-state index contributed by atoms with van der Waals surface area (Å²) >= 11 is 0. The molecule has 1 N–H and O–H groups in total. The van der Waals surface area contributed by atoms with Crippen LogP contribution in [-0.4, -0.2) is 15.0 Å². The van der Waals surface area contributed by atoms with Crippen molar-refractivity contribution in [3.05, 3.63) is 194 Å². The van der Waals surface area contributed by atoms with Crippen molar-refractivity contribution in [3.63, 3.8) is 0 Å². The van der Waals surface area contributed by atoms with E-state index in [1.54, 1.807) is 12.4 Å². The molecule has 0 bridgehead atoms. The van der Waals surface area contributed by atoms with E-state index in [-0.39, 0.29) is 6.04 Å². The summed E-state index contributed by atoms with van der Waals surface area (Å²) in [7, 11) is 0. The summed E-state index contributed by atoms with van der Waals surface area (Å²) in [6.07, 6.45) is 3.60. The Morgan fingerprint density at radius 2 is 1.04 bits per heavy atom. The van der Waals surface area contributed by atoms with Gasteiger partial charge in [-0.3, -0.25) is 9.97 Å². The lowest BCUT2D eigenvalue weighted by atomic mass is 9.87. The van der Waals surface area contributed by atoms with E-state index in [0.717, 1.165) is 95.3 Å². The maximum atomic E-state index is 6.58. The summed E-state index contributed by atoms with van der Waals surface area (Å²) in [6.45, 7) is 0. The average molecular weight is 681 g/mol. The standard InChI is InChI=1S/C48H32N4O/c1-2-13-31(14-3-1)46-48-45(38-19-4-5-24-44(38)53-48)39-21-12-20-37(47(39)52-46)35-18-11-16-33(28-35)32-15-10-17-34(27-32)36-29-42(40-22-6-8-25-49-40)51-43(30-36)41-23-7-9-26-50-41/h1-30,46,52H. The lowest BCUT2D eigenvalue weighted by molar-refractivity contribution is 0.536. The van der Waals surface area contributed by atoms with E-state index in [9.17, 15) is 0 Å². The van der Waals surface area contributed by atoms with Crippen molar-refractivity contribution in [3.8, 4) is 67.3 Å². The molecule has 250 valence electrons. The van der Waals surface area contributed by atoms with Gasteiger partial charge in [-0.1, -0.05) is 115 Å². The number of rotatable bonds is 6. The Labute approximate surface area is 307 Å². The molecule has 0 spiro atoms. The van der Waals surface area contributed by atoms with Gasteiger partial charge in [-0.2, -0.15) is 0 Å². The Kier molecular flexibility index (Phi) is 7.47. The molecule has 0 fully saturated rings. The highest BCUT2D eigenvalue weighted by Crippen LogP contribution is 2.51. The molecule has 0 saturated heterocycles. The van der Waals surface area contributed by atoms with Gasteiger partial charge < -0.3 is 9.73 Å². The van der Waals surface area contributed by atoms with Crippen LogP contribution in [0.25, 0.3) is 78.3 Å². The third-order valence-corrected chi connectivity index (χ3v) is 10.0. The van der Waals surface area contributed by atoms with Crippen molar-refractivity contribution in [1.29, 1.82) is 0 Å². The minimum Gasteiger partial charge on any atom is -0.458 e. The van der Waals surface area contributed by atoms with Crippen LogP contribution in [0.4, 0.5) is 5.69 Å². The van der Waals surface area contributed by atoms with Crippen LogP contribution >= 0.6 is 0 Å². The molecular weight excluding hydrogens is 649 g/mol. The first kappa shape index (κ1) is 30.7. The van der Waals surface area contributed by atoms with Gasteiger partial charge in [0.05, 0.1) is 28.5 Å². The number of furan rings is 1. The number of fused-ring (bicyclic) bond motifs is 5. The number of para-hydroxylation sites is 2. The summed E-state index contributed by atoms with van der Waals surface area (Å²) in [5.74, 6) is 0.945. The molecule has 4 aromatic heterocycles. The second-order valence-electron chi connectivity index (χ2n) is 13.3.